The molecule has 1 aromatic carbocycles. The van der Waals surface area contributed by atoms with Crippen LogP contribution in [0.5, 0.6) is 0 Å². The Morgan fingerprint density at radius 3 is 2.62 bits per heavy atom. The number of hydrogen-bond acceptors (Lipinski definition) is 8. The summed E-state index contributed by atoms with van der Waals surface area (Å²) in [6.07, 6.45) is 11.8. The Hall–Kier alpha value is -4.03. The fourth-order valence-electron chi connectivity index (χ4n) is 3.67. The number of nitrogen functional groups attached to an aromatic ring is 1. The minimum absolute atomic E-state index is 0.148. The topological polar surface area (TPSA) is 154 Å². The Balaban J connectivity index is 1.39. The lowest BCUT2D eigenvalue weighted by atomic mass is 10.2. The second-order valence-corrected chi connectivity index (χ2v) is 10.5. The zero-order chi connectivity index (χ0) is 28.3. The molecule has 39 heavy (non-hydrogen) atoms. The van der Waals surface area contributed by atoms with E-state index in [0.717, 1.165) is 17.6 Å². The lowest BCUT2D eigenvalue weighted by molar-refractivity contribution is 0.143. The van der Waals surface area contributed by atoms with Crippen LogP contribution in [0.4, 0.5) is 10.6 Å². The van der Waals surface area contributed by atoms with Crippen LogP contribution in [0.1, 0.15) is 38.1 Å². The van der Waals surface area contributed by atoms with Crippen LogP contribution in [-0.4, -0.2) is 47.2 Å². The van der Waals surface area contributed by atoms with Gasteiger partial charge in [-0.25, -0.2) is 32.9 Å². The highest BCUT2D eigenvalue weighted by Gasteiger charge is 2.14. The standard InChI is InChI=1S/C27H35N7O4S/c1-4-6-10-21(9-5-2)18-31-39(36,37)23-13-11-22(12-14-23)17-29-27(35)38-16-8-7-15-34-19-30-24-25(28)32-20(3)33-26(24)34/h4-6,9-14,19,31H,7-8,15-18H2,1-3H3,(H,29,35)(H2,28,32,33)/b6-4+,9-5-,21-10+. The van der Waals surface area contributed by atoms with E-state index in [4.69, 9.17) is 10.5 Å². The molecule has 0 unspecified atom stereocenters. The van der Waals surface area contributed by atoms with E-state index in [0.29, 0.717) is 35.8 Å². The maximum atomic E-state index is 12.6. The number of benzene rings is 1. The zero-order valence-electron chi connectivity index (χ0n) is 22.4. The summed E-state index contributed by atoms with van der Waals surface area (Å²) in [5, 5.41) is 2.68. The number of aryl methyl sites for hydroxylation is 2. The highest BCUT2D eigenvalue weighted by molar-refractivity contribution is 7.89. The molecule has 2 aromatic heterocycles. The van der Waals surface area contributed by atoms with Gasteiger partial charge in [0.25, 0.3) is 0 Å². The summed E-state index contributed by atoms with van der Waals surface area (Å²) in [7, 11) is -3.68. The number of hydrogen-bond donors (Lipinski definition) is 3. The molecule has 208 valence electrons. The van der Waals surface area contributed by atoms with Gasteiger partial charge in [-0.05, 0) is 56.9 Å². The number of carbonyl (C=O) groups excluding carboxylic acids is 1. The summed E-state index contributed by atoms with van der Waals surface area (Å²) >= 11 is 0. The second-order valence-electron chi connectivity index (χ2n) is 8.70. The molecule has 0 spiro atoms. The largest absolute Gasteiger partial charge is 0.450 e. The number of nitrogens with two attached hydrogens (primary N) is 1. The first-order valence-electron chi connectivity index (χ1n) is 12.6. The van der Waals surface area contributed by atoms with Crippen molar-refractivity contribution < 1.29 is 17.9 Å². The van der Waals surface area contributed by atoms with Crippen molar-refractivity contribution in [1.29, 1.82) is 0 Å². The van der Waals surface area contributed by atoms with E-state index >= 15 is 0 Å². The highest BCUT2D eigenvalue weighted by Crippen LogP contribution is 2.16. The number of alkyl carbamates (subject to hydrolysis) is 1. The fourth-order valence-corrected chi connectivity index (χ4v) is 4.69. The number of nitrogens with one attached hydrogen (secondary N) is 2. The number of nitrogens with zero attached hydrogens (tertiary/aromatic N) is 4. The predicted octanol–water partition coefficient (Wildman–Crippen LogP) is 3.78. The van der Waals surface area contributed by atoms with Crippen molar-refractivity contribution in [3.8, 4) is 0 Å². The lowest BCUT2D eigenvalue weighted by Crippen LogP contribution is -2.26. The predicted molar refractivity (Wildman–Crippen MR) is 151 cm³/mol. The zero-order valence-corrected chi connectivity index (χ0v) is 23.2. The smallest absolute Gasteiger partial charge is 0.407 e. The van der Waals surface area contributed by atoms with Crippen molar-refractivity contribution in [2.24, 2.45) is 0 Å². The van der Waals surface area contributed by atoms with Gasteiger partial charge in [-0.2, -0.15) is 0 Å². The Kier molecular flexibility index (Phi) is 10.8. The summed E-state index contributed by atoms with van der Waals surface area (Å²) in [6, 6.07) is 6.33. The molecule has 0 aliphatic carbocycles. The van der Waals surface area contributed by atoms with Crippen LogP contribution in [0.2, 0.25) is 0 Å². The molecule has 0 radical (unpaired) electrons. The lowest BCUT2D eigenvalue weighted by Gasteiger charge is -2.10. The van der Waals surface area contributed by atoms with Crippen molar-refractivity contribution in [3.63, 3.8) is 0 Å². The molecule has 0 fully saturated rings. The molecule has 12 heteroatoms. The Labute approximate surface area is 228 Å². The number of unbranched alkanes of at least 4 members (excludes halogenated alkanes) is 1. The van der Waals surface area contributed by atoms with Crippen LogP contribution in [0, 0.1) is 6.92 Å². The molecule has 11 nitrogen and oxygen atoms in total. The van der Waals surface area contributed by atoms with Gasteiger partial charge >= 0.3 is 6.09 Å². The van der Waals surface area contributed by atoms with Crippen LogP contribution >= 0.6 is 0 Å². The number of rotatable bonds is 13. The average Bonchev–Trinajstić information content (AvgIpc) is 3.32. The normalized spacial score (nSPS) is 12.5. The third-order valence-corrected chi connectivity index (χ3v) is 7.07. The van der Waals surface area contributed by atoms with Gasteiger partial charge < -0.3 is 20.4 Å². The van der Waals surface area contributed by atoms with Gasteiger partial charge in [0.05, 0.1) is 17.8 Å². The molecular formula is C27H35N7O4S. The van der Waals surface area contributed by atoms with Gasteiger partial charge in [0.2, 0.25) is 10.0 Å². The molecule has 3 rings (SSSR count). The maximum absolute atomic E-state index is 12.6. The quantitative estimate of drug-likeness (QED) is 0.213. The first-order chi connectivity index (χ1) is 18.7. The van der Waals surface area contributed by atoms with E-state index in [-0.39, 0.29) is 24.6 Å². The molecule has 0 atom stereocenters. The van der Waals surface area contributed by atoms with E-state index in [1.807, 2.05) is 48.8 Å². The van der Waals surface area contributed by atoms with Gasteiger partial charge in [0.1, 0.15) is 11.3 Å². The summed E-state index contributed by atoms with van der Waals surface area (Å²) in [5.41, 5.74) is 8.74. The number of sulfonamides is 1. The maximum Gasteiger partial charge on any atom is 0.407 e. The van der Waals surface area contributed by atoms with Gasteiger partial charge in [-0.1, -0.05) is 42.5 Å². The molecule has 0 aliphatic rings. The number of amides is 1. The van der Waals surface area contributed by atoms with Crippen LogP contribution in [0.25, 0.3) is 11.2 Å². The average molecular weight is 554 g/mol. The van der Waals surface area contributed by atoms with E-state index in [1.54, 1.807) is 25.4 Å². The van der Waals surface area contributed by atoms with E-state index in [2.05, 4.69) is 25.0 Å². The number of imidazole rings is 1. The molecule has 3 aromatic rings. The summed E-state index contributed by atoms with van der Waals surface area (Å²) in [5.74, 6) is 0.942. The molecule has 0 bridgehead atoms. The van der Waals surface area contributed by atoms with E-state index in [9.17, 15) is 13.2 Å². The van der Waals surface area contributed by atoms with Crippen molar-refractivity contribution >= 4 is 33.1 Å². The van der Waals surface area contributed by atoms with Crippen molar-refractivity contribution in [1.82, 2.24) is 29.6 Å². The summed E-state index contributed by atoms with van der Waals surface area (Å²) < 4.78 is 35.1. The van der Waals surface area contributed by atoms with Crippen LogP contribution in [-0.2, 0) is 27.8 Å². The first kappa shape index (κ1) is 29.5. The van der Waals surface area contributed by atoms with Crippen LogP contribution in [0.3, 0.4) is 0 Å². The molecule has 2 heterocycles. The number of ether oxygens (including phenoxy) is 1. The minimum Gasteiger partial charge on any atom is -0.450 e. The van der Waals surface area contributed by atoms with Crippen molar-refractivity contribution in [2.75, 3.05) is 18.9 Å². The summed E-state index contributed by atoms with van der Waals surface area (Å²) in [4.78, 5) is 25.0. The summed E-state index contributed by atoms with van der Waals surface area (Å²) in [6.45, 7) is 6.85. The van der Waals surface area contributed by atoms with Gasteiger partial charge in [-0.15, -0.1) is 0 Å². The molecule has 0 aliphatic heterocycles. The number of allylic oxidation sites excluding steroid dienone is 4. The third-order valence-electron chi connectivity index (χ3n) is 5.65. The molecule has 4 N–H and O–H groups in total. The Morgan fingerprint density at radius 1 is 1.13 bits per heavy atom. The van der Waals surface area contributed by atoms with E-state index in [1.165, 1.54) is 12.1 Å². The van der Waals surface area contributed by atoms with E-state index < -0.39 is 16.1 Å². The number of fused-ring (bicyclic) bond motifs is 1. The number of aromatic nitrogens is 4. The van der Waals surface area contributed by atoms with Gasteiger partial charge in [0.15, 0.2) is 11.5 Å². The second kappa shape index (κ2) is 14.2. The Morgan fingerprint density at radius 2 is 1.90 bits per heavy atom. The van der Waals surface area contributed by atoms with Gasteiger partial charge in [-0.3, -0.25) is 0 Å². The first-order valence-corrected chi connectivity index (χ1v) is 14.1. The van der Waals surface area contributed by atoms with Crippen LogP contribution < -0.4 is 15.8 Å². The van der Waals surface area contributed by atoms with Crippen LogP contribution in [0.15, 0.2) is 71.4 Å². The number of anilines is 1. The highest BCUT2D eigenvalue weighted by atomic mass is 32.2. The van der Waals surface area contributed by atoms with Gasteiger partial charge in [0, 0.05) is 19.6 Å². The van der Waals surface area contributed by atoms with Crippen molar-refractivity contribution in [2.45, 2.75) is 51.6 Å². The monoisotopic (exact) mass is 553 g/mol. The SMILES string of the molecule is C\C=C/C(=C\C=C\C)CNS(=O)(=O)c1ccc(CNC(=O)OCCCCn2cnc3c(N)nc(C)nc32)cc1. The number of carbonyl (C=O) groups is 1. The van der Waals surface area contributed by atoms with Crippen molar-refractivity contribution in [3.05, 3.63) is 77.9 Å². The fraction of sp³-hybridized carbons (Fsp3) is 0.333. The third kappa shape index (κ3) is 8.76. The minimum atomic E-state index is -3.68. The Bertz CT molecular complexity index is 1460. The molecule has 1 amide bonds. The molecule has 0 saturated carbocycles. The molecule has 0 saturated heterocycles. The molecular weight excluding hydrogens is 518 g/mol.